The highest BCUT2D eigenvalue weighted by Gasteiger charge is 2.51. The summed E-state index contributed by atoms with van der Waals surface area (Å²) in [4.78, 5) is 40.8. The minimum Gasteiger partial charge on any atom is -0.326 e. The third-order valence-electron chi connectivity index (χ3n) is 7.29. The highest BCUT2D eigenvalue weighted by Crippen LogP contribution is 2.46. The van der Waals surface area contributed by atoms with Crippen molar-refractivity contribution >= 4 is 17.7 Å². The van der Waals surface area contributed by atoms with Crippen molar-refractivity contribution in [2.45, 2.75) is 69.2 Å². The van der Waals surface area contributed by atoms with Crippen LogP contribution in [0.3, 0.4) is 0 Å². The Morgan fingerprint density at radius 3 is 2.71 bits per heavy atom. The number of benzene rings is 1. The summed E-state index contributed by atoms with van der Waals surface area (Å²) in [5.74, 6) is -0.733. The fourth-order valence-electron chi connectivity index (χ4n) is 5.49. The Labute approximate surface area is 164 Å². The van der Waals surface area contributed by atoms with E-state index < -0.39 is 6.04 Å². The van der Waals surface area contributed by atoms with Crippen LogP contribution in [0.1, 0.15) is 60.0 Å². The zero-order valence-corrected chi connectivity index (χ0v) is 15.9. The minimum atomic E-state index is -0.566. The van der Waals surface area contributed by atoms with Gasteiger partial charge in [0.25, 0.3) is 5.91 Å². The van der Waals surface area contributed by atoms with Gasteiger partial charge >= 0.3 is 0 Å². The predicted octanol–water partition coefficient (Wildman–Crippen LogP) is 0.903. The molecule has 148 valence electrons. The van der Waals surface area contributed by atoms with E-state index in [-0.39, 0.29) is 35.7 Å². The second kappa shape index (κ2) is 6.39. The number of nitrogens with two attached hydrogens (primary N) is 1. The van der Waals surface area contributed by atoms with Crippen LogP contribution in [0.2, 0.25) is 0 Å². The van der Waals surface area contributed by atoms with Crippen LogP contribution < -0.4 is 11.1 Å². The van der Waals surface area contributed by atoms with E-state index in [1.165, 1.54) is 6.42 Å². The molecule has 7 heteroatoms. The Kier molecular flexibility index (Phi) is 4.07. The van der Waals surface area contributed by atoms with Crippen LogP contribution in [-0.2, 0) is 22.7 Å². The van der Waals surface area contributed by atoms with Crippen molar-refractivity contribution in [2.75, 3.05) is 6.54 Å². The summed E-state index contributed by atoms with van der Waals surface area (Å²) >= 11 is 0. The van der Waals surface area contributed by atoms with E-state index in [0.29, 0.717) is 18.5 Å². The number of likely N-dealkylation sites (tertiary alicyclic amines) is 1. The van der Waals surface area contributed by atoms with Crippen LogP contribution in [0.15, 0.2) is 18.2 Å². The first-order chi connectivity index (χ1) is 13.5. The number of carbonyl (C=O) groups excluding carboxylic acids is 3. The Bertz CT molecular complexity index is 863. The smallest absolute Gasteiger partial charge is 0.255 e. The molecule has 1 aromatic carbocycles. The average Bonchev–Trinajstić information content (AvgIpc) is 3.13. The van der Waals surface area contributed by atoms with E-state index in [2.05, 4.69) is 16.3 Å². The molecule has 5 rings (SSSR count). The van der Waals surface area contributed by atoms with Gasteiger partial charge in [-0.3, -0.25) is 24.6 Å². The first-order valence-corrected chi connectivity index (χ1v) is 10.3. The SMILES string of the molecule is NC1CCN(Cc2cccc3c2CN(C2CCC(=O)NC2=O)C3=O)C12CCC2. The van der Waals surface area contributed by atoms with Gasteiger partial charge in [0.15, 0.2) is 0 Å². The van der Waals surface area contributed by atoms with Gasteiger partial charge in [-0.15, -0.1) is 0 Å². The number of carbonyl (C=O) groups is 3. The number of fused-ring (bicyclic) bond motifs is 1. The number of amides is 3. The summed E-state index contributed by atoms with van der Waals surface area (Å²) in [5.41, 5.74) is 9.42. The van der Waals surface area contributed by atoms with Gasteiger partial charge in [-0.25, -0.2) is 0 Å². The number of imide groups is 1. The number of nitrogens with zero attached hydrogens (tertiary/aromatic N) is 2. The van der Waals surface area contributed by atoms with Crippen LogP contribution in [0, 0.1) is 0 Å². The van der Waals surface area contributed by atoms with Crippen LogP contribution in [0.4, 0.5) is 0 Å². The molecule has 1 saturated carbocycles. The molecule has 2 unspecified atom stereocenters. The second-order valence-electron chi connectivity index (χ2n) is 8.62. The van der Waals surface area contributed by atoms with Gasteiger partial charge < -0.3 is 10.6 Å². The van der Waals surface area contributed by atoms with Crippen molar-refractivity contribution < 1.29 is 14.4 Å². The molecule has 0 aromatic heterocycles. The first-order valence-electron chi connectivity index (χ1n) is 10.3. The number of hydrogen-bond acceptors (Lipinski definition) is 5. The van der Waals surface area contributed by atoms with Crippen LogP contribution in [0.5, 0.6) is 0 Å². The Morgan fingerprint density at radius 1 is 1.18 bits per heavy atom. The number of nitrogens with one attached hydrogen (secondary N) is 1. The molecule has 1 spiro atoms. The lowest BCUT2D eigenvalue weighted by atomic mass is 9.72. The molecule has 4 aliphatic rings. The molecule has 28 heavy (non-hydrogen) atoms. The fraction of sp³-hybridized carbons (Fsp3) is 0.571. The average molecular weight is 382 g/mol. The summed E-state index contributed by atoms with van der Waals surface area (Å²) in [6.45, 7) is 2.23. The van der Waals surface area contributed by atoms with Gasteiger partial charge in [-0.05, 0) is 49.3 Å². The van der Waals surface area contributed by atoms with E-state index >= 15 is 0 Å². The zero-order valence-electron chi connectivity index (χ0n) is 15.9. The van der Waals surface area contributed by atoms with Gasteiger partial charge in [-0.2, -0.15) is 0 Å². The molecule has 2 atom stereocenters. The minimum absolute atomic E-state index is 0.108. The predicted molar refractivity (Wildman–Crippen MR) is 102 cm³/mol. The van der Waals surface area contributed by atoms with Crippen molar-refractivity contribution in [1.29, 1.82) is 0 Å². The van der Waals surface area contributed by atoms with E-state index in [1.807, 2.05) is 12.1 Å². The van der Waals surface area contributed by atoms with E-state index in [1.54, 1.807) is 4.90 Å². The van der Waals surface area contributed by atoms with Gasteiger partial charge in [0.05, 0.1) is 0 Å². The van der Waals surface area contributed by atoms with E-state index in [9.17, 15) is 14.4 Å². The number of piperidine rings is 1. The second-order valence-corrected chi connectivity index (χ2v) is 8.62. The van der Waals surface area contributed by atoms with Crippen molar-refractivity contribution in [3.05, 3.63) is 34.9 Å². The Morgan fingerprint density at radius 2 is 2.00 bits per heavy atom. The summed E-state index contributed by atoms with van der Waals surface area (Å²) in [6, 6.07) is 5.55. The lowest BCUT2D eigenvalue weighted by Crippen LogP contribution is -2.58. The maximum Gasteiger partial charge on any atom is 0.255 e. The standard InChI is InChI=1S/C21H26N4O3/c22-17-7-10-24(21(17)8-2-9-21)11-13-3-1-4-14-15(13)12-25(20(14)28)16-5-6-18(26)23-19(16)27/h1,3-4,16-17H,2,5-12,22H2,(H,23,26,27). The quantitative estimate of drug-likeness (QED) is 0.758. The molecule has 3 fully saturated rings. The summed E-state index contributed by atoms with van der Waals surface area (Å²) in [7, 11) is 0. The van der Waals surface area contributed by atoms with Crippen molar-refractivity contribution in [3.63, 3.8) is 0 Å². The lowest BCUT2D eigenvalue weighted by molar-refractivity contribution is -0.136. The molecular formula is C21H26N4O3. The molecule has 3 heterocycles. The maximum absolute atomic E-state index is 13.0. The third-order valence-corrected chi connectivity index (χ3v) is 7.29. The van der Waals surface area contributed by atoms with E-state index in [0.717, 1.165) is 43.5 Å². The molecule has 2 saturated heterocycles. The molecule has 0 radical (unpaired) electrons. The number of hydrogen-bond donors (Lipinski definition) is 2. The largest absolute Gasteiger partial charge is 0.326 e. The van der Waals surface area contributed by atoms with Crippen molar-refractivity contribution in [3.8, 4) is 0 Å². The summed E-state index contributed by atoms with van der Waals surface area (Å²) in [6.07, 6.45) is 5.24. The summed E-state index contributed by atoms with van der Waals surface area (Å²) in [5, 5.41) is 2.36. The molecule has 1 aliphatic carbocycles. The molecule has 1 aromatic rings. The van der Waals surface area contributed by atoms with Gasteiger partial charge in [-0.1, -0.05) is 12.1 Å². The lowest BCUT2D eigenvalue weighted by Gasteiger charge is -2.48. The molecular weight excluding hydrogens is 356 g/mol. The molecule has 7 nitrogen and oxygen atoms in total. The maximum atomic E-state index is 13.0. The van der Waals surface area contributed by atoms with Gasteiger partial charge in [0.2, 0.25) is 11.8 Å². The zero-order chi connectivity index (χ0) is 19.5. The molecule has 0 bridgehead atoms. The van der Waals surface area contributed by atoms with Gasteiger partial charge in [0.1, 0.15) is 6.04 Å². The highest BCUT2D eigenvalue weighted by molar-refractivity contribution is 6.05. The van der Waals surface area contributed by atoms with Crippen LogP contribution in [0.25, 0.3) is 0 Å². The molecule has 3 amide bonds. The van der Waals surface area contributed by atoms with Crippen molar-refractivity contribution in [1.82, 2.24) is 15.1 Å². The Balaban J connectivity index is 1.40. The third kappa shape index (κ3) is 2.53. The normalized spacial score (nSPS) is 29.2. The molecule has 3 N–H and O–H groups in total. The Hall–Kier alpha value is -2.25. The summed E-state index contributed by atoms with van der Waals surface area (Å²) < 4.78 is 0. The van der Waals surface area contributed by atoms with Crippen LogP contribution >= 0.6 is 0 Å². The van der Waals surface area contributed by atoms with Crippen LogP contribution in [-0.4, -0.2) is 51.7 Å². The topological polar surface area (TPSA) is 95.7 Å². The fourth-order valence-corrected chi connectivity index (χ4v) is 5.49. The van der Waals surface area contributed by atoms with Gasteiger partial charge in [0, 0.05) is 43.2 Å². The van der Waals surface area contributed by atoms with E-state index in [4.69, 9.17) is 5.73 Å². The number of rotatable bonds is 3. The highest BCUT2D eigenvalue weighted by atomic mass is 16.2. The first kappa shape index (κ1) is 17.8. The molecule has 3 aliphatic heterocycles. The monoisotopic (exact) mass is 382 g/mol. The van der Waals surface area contributed by atoms with Crippen molar-refractivity contribution in [2.24, 2.45) is 5.73 Å².